The van der Waals surface area contributed by atoms with E-state index in [4.69, 9.17) is 14.2 Å². The smallest absolute Gasteiger partial charge is 0.362 e. The molecule has 0 aromatic rings. The zero-order valence-corrected chi connectivity index (χ0v) is 26.9. The third-order valence-electron chi connectivity index (χ3n) is 6.47. The Hall–Kier alpha value is -2.71. The fourth-order valence-corrected chi connectivity index (χ4v) is 4.04. The van der Waals surface area contributed by atoms with Crippen molar-refractivity contribution >= 4 is 17.9 Å². The van der Waals surface area contributed by atoms with Gasteiger partial charge < -0.3 is 23.8 Å². The van der Waals surface area contributed by atoms with E-state index in [1.165, 1.54) is 0 Å². The molecule has 0 aromatic heterocycles. The van der Waals surface area contributed by atoms with Crippen LogP contribution in [0.25, 0.3) is 0 Å². The summed E-state index contributed by atoms with van der Waals surface area (Å²) in [6.45, 7) is 4.36. The maximum atomic E-state index is 12.5. The van der Waals surface area contributed by atoms with Crippen molar-refractivity contribution in [3.63, 3.8) is 0 Å². The van der Waals surface area contributed by atoms with Crippen molar-refractivity contribution < 1.29 is 38.2 Å². The predicted octanol–water partition coefficient (Wildman–Crippen LogP) is 6.95. The van der Waals surface area contributed by atoms with Crippen molar-refractivity contribution in [1.82, 2.24) is 0 Å². The summed E-state index contributed by atoms with van der Waals surface area (Å²) < 4.78 is 17.0. The molecule has 2 unspecified atom stereocenters. The summed E-state index contributed by atoms with van der Waals surface area (Å²) in [5.41, 5.74) is 0. The van der Waals surface area contributed by atoms with Crippen LogP contribution in [0.1, 0.15) is 97.3 Å². The molecule has 0 amide bonds. The highest BCUT2D eigenvalue weighted by molar-refractivity contribution is 5.72. The van der Waals surface area contributed by atoms with Gasteiger partial charge in [0.25, 0.3) is 0 Å². The molecule has 0 bridgehead atoms. The van der Waals surface area contributed by atoms with Crippen molar-refractivity contribution in [3.05, 3.63) is 48.6 Å². The molecule has 0 radical (unpaired) electrons. The van der Waals surface area contributed by atoms with Crippen molar-refractivity contribution in [2.75, 3.05) is 41.0 Å². The zero-order valence-electron chi connectivity index (χ0n) is 26.9. The Kier molecular flexibility index (Phi) is 24.3. The van der Waals surface area contributed by atoms with E-state index in [0.29, 0.717) is 19.3 Å². The number of ether oxygens (including phenoxy) is 3. The number of likely N-dealkylation sites (N-methyl/N-ethyl adjacent to an activating group) is 1. The standard InChI is InChI=1S/C34H57NO7/c1-6-8-10-12-14-16-18-20-22-24-32(36)41-29-30(28-40-27-26-31(34(38)39)35(3,4)5)42-33(37)25-23-21-19-17-15-13-11-9-7-2/h8-11,14-17,30-31H,6-7,12-13,18-29H2,1-5H3/p+1/b10-8+,11-9+,16-14+,17-15+. The first-order chi connectivity index (χ1) is 20.1. The van der Waals surface area contributed by atoms with Crippen molar-refractivity contribution in [2.45, 2.75) is 109 Å². The van der Waals surface area contributed by atoms with E-state index in [0.717, 1.165) is 57.8 Å². The van der Waals surface area contributed by atoms with Gasteiger partial charge in [-0.2, -0.15) is 0 Å². The number of carboxylic acid groups (broad SMARTS) is 1. The number of aliphatic carboxylic acids is 1. The summed E-state index contributed by atoms with van der Waals surface area (Å²) in [5.74, 6) is -1.58. The number of unbranched alkanes of at least 4 members (excludes halogenated alkanes) is 4. The van der Waals surface area contributed by atoms with Crippen LogP contribution in [0.2, 0.25) is 0 Å². The van der Waals surface area contributed by atoms with E-state index >= 15 is 0 Å². The highest BCUT2D eigenvalue weighted by Gasteiger charge is 2.31. The minimum Gasteiger partial charge on any atom is -0.477 e. The van der Waals surface area contributed by atoms with Crippen LogP contribution >= 0.6 is 0 Å². The lowest BCUT2D eigenvalue weighted by molar-refractivity contribution is -0.887. The van der Waals surface area contributed by atoms with Gasteiger partial charge in [0, 0.05) is 19.3 Å². The number of esters is 2. The Bertz CT molecular complexity index is 839. The molecule has 2 atom stereocenters. The Balaban J connectivity index is 4.63. The van der Waals surface area contributed by atoms with E-state index < -0.39 is 18.1 Å². The second-order valence-corrected chi connectivity index (χ2v) is 11.3. The third kappa shape index (κ3) is 23.9. The molecule has 8 heteroatoms. The highest BCUT2D eigenvalue weighted by Crippen LogP contribution is 2.10. The van der Waals surface area contributed by atoms with Gasteiger partial charge in [-0.05, 0) is 64.2 Å². The molecule has 240 valence electrons. The molecular weight excluding hydrogens is 534 g/mol. The highest BCUT2D eigenvalue weighted by atomic mass is 16.6. The number of carbonyl (C=O) groups is 3. The van der Waals surface area contributed by atoms with Gasteiger partial charge in [-0.15, -0.1) is 0 Å². The molecule has 42 heavy (non-hydrogen) atoms. The summed E-state index contributed by atoms with van der Waals surface area (Å²) in [4.78, 5) is 36.4. The second-order valence-electron chi connectivity index (χ2n) is 11.3. The van der Waals surface area contributed by atoms with Gasteiger partial charge in [0.2, 0.25) is 0 Å². The summed E-state index contributed by atoms with van der Waals surface area (Å²) in [7, 11) is 5.47. The van der Waals surface area contributed by atoms with Crippen LogP contribution in [0.5, 0.6) is 0 Å². The first-order valence-electron chi connectivity index (χ1n) is 15.7. The number of allylic oxidation sites excluding steroid dienone is 8. The Morgan fingerprint density at radius 2 is 1.24 bits per heavy atom. The molecule has 0 spiro atoms. The molecule has 8 nitrogen and oxygen atoms in total. The number of hydrogen-bond donors (Lipinski definition) is 1. The van der Waals surface area contributed by atoms with E-state index in [1.54, 1.807) is 0 Å². The molecule has 0 saturated heterocycles. The van der Waals surface area contributed by atoms with Gasteiger partial charge in [0.1, 0.15) is 6.61 Å². The van der Waals surface area contributed by atoms with Gasteiger partial charge in [0.05, 0.1) is 34.4 Å². The van der Waals surface area contributed by atoms with Crippen molar-refractivity contribution in [3.8, 4) is 0 Å². The normalized spacial score (nSPS) is 13.8. The quantitative estimate of drug-likeness (QED) is 0.0502. The first-order valence-corrected chi connectivity index (χ1v) is 15.7. The minimum atomic E-state index is -0.890. The maximum Gasteiger partial charge on any atom is 0.362 e. The van der Waals surface area contributed by atoms with Crippen LogP contribution in [0.15, 0.2) is 48.6 Å². The molecule has 0 fully saturated rings. The molecule has 0 aliphatic carbocycles. The maximum absolute atomic E-state index is 12.5. The molecule has 0 saturated carbocycles. The molecule has 0 heterocycles. The molecule has 1 N–H and O–H groups in total. The fourth-order valence-electron chi connectivity index (χ4n) is 4.04. The first kappa shape index (κ1) is 39.3. The average Bonchev–Trinajstić information content (AvgIpc) is 2.92. The summed E-state index contributed by atoms with van der Waals surface area (Å²) in [6, 6.07) is -0.622. The van der Waals surface area contributed by atoms with Gasteiger partial charge in [-0.1, -0.05) is 62.5 Å². The lowest BCUT2D eigenvalue weighted by Crippen LogP contribution is -2.50. The zero-order chi connectivity index (χ0) is 31.5. The van der Waals surface area contributed by atoms with Crippen LogP contribution in [0.3, 0.4) is 0 Å². The number of carboxylic acids is 1. The number of hydrogen-bond acceptors (Lipinski definition) is 6. The third-order valence-corrected chi connectivity index (χ3v) is 6.47. The van der Waals surface area contributed by atoms with E-state index in [2.05, 4.69) is 62.5 Å². The molecule has 0 rings (SSSR count). The van der Waals surface area contributed by atoms with Crippen LogP contribution in [-0.2, 0) is 28.6 Å². The van der Waals surface area contributed by atoms with Crippen LogP contribution in [0, 0.1) is 0 Å². The number of rotatable bonds is 26. The van der Waals surface area contributed by atoms with Crippen molar-refractivity contribution in [1.29, 1.82) is 0 Å². The number of quaternary nitrogens is 1. The molecule has 0 aromatic carbocycles. The average molecular weight is 593 g/mol. The topological polar surface area (TPSA) is 99.1 Å². The van der Waals surface area contributed by atoms with E-state index in [-0.39, 0.29) is 42.7 Å². The largest absolute Gasteiger partial charge is 0.477 e. The van der Waals surface area contributed by atoms with Gasteiger partial charge in [-0.25, -0.2) is 4.79 Å². The van der Waals surface area contributed by atoms with Crippen LogP contribution in [-0.4, -0.2) is 80.6 Å². The SMILES string of the molecule is CC/C=C/C/C=C/CCCCC(=O)OCC(COCCC(C(=O)O)[N+](C)(C)C)OC(=O)CCCC/C=C/C/C=C/CC. The van der Waals surface area contributed by atoms with Gasteiger partial charge in [-0.3, -0.25) is 9.59 Å². The van der Waals surface area contributed by atoms with Crippen LogP contribution in [0.4, 0.5) is 0 Å². The Labute approximate surface area is 255 Å². The lowest BCUT2D eigenvalue weighted by Gasteiger charge is -2.31. The monoisotopic (exact) mass is 592 g/mol. The Morgan fingerprint density at radius 3 is 1.74 bits per heavy atom. The summed E-state index contributed by atoms with van der Waals surface area (Å²) in [6.07, 6.45) is 26.2. The van der Waals surface area contributed by atoms with Gasteiger partial charge >= 0.3 is 17.9 Å². The number of nitrogens with zero attached hydrogens (tertiary/aromatic N) is 1. The van der Waals surface area contributed by atoms with E-state index in [1.807, 2.05) is 21.1 Å². The fraction of sp³-hybridized carbons (Fsp3) is 0.676. The molecule has 0 aliphatic heterocycles. The van der Waals surface area contributed by atoms with Crippen molar-refractivity contribution in [2.24, 2.45) is 0 Å². The minimum absolute atomic E-state index is 0.0355. The summed E-state index contributed by atoms with van der Waals surface area (Å²) >= 11 is 0. The predicted molar refractivity (Wildman–Crippen MR) is 169 cm³/mol. The Morgan fingerprint density at radius 1 is 0.714 bits per heavy atom. The van der Waals surface area contributed by atoms with Gasteiger partial charge in [0.15, 0.2) is 12.1 Å². The lowest BCUT2D eigenvalue weighted by atomic mass is 10.1. The number of carbonyl (C=O) groups excluding carboxylic acids is 2. The van der Waals surface area contributed by atoms with Crippen LogP contribution < -0.4 is 0 Å². The molecule has 0 aliphatic rings. The summed E-state index contributed by atoms with van der Waals surface area (Å²) in [5, 5.41) is 9.52. The second kappa shape index (κ2) is 26.0. The van der Waals surface area contributed by atoms with E-state index in [9.17, 15) is 19.5 Å². The molecular formula is C34H58NO7+.